The lowest BCUT2D eigenvalue weighted by Gasteiger charge is -2.33. The minimum Gasteiger partial charge on any atom is -0.396 e. The third-order valence-electron chi connectivity index (χ3n) is 5.46. The summed E-state index contributed by atoms with van der Waals surface area (Å²) < 4.78 is 0. The summed E-state index contributed by atoms with van der Waals surface area (Å²) in [5.74, 6) is 1.40. The van der Waals surface area contributed by atoms with E-state index in [1.54, 1.807) is 0 Å². The highest BCUT2D eigenvalue weighted by Crippen LogP contribution is 2.26. The Hall–Kier alpha value is -1.06. The molecule has 2 unspecified atom stereocenters. The van der Waals surface area contributed by atoms with Crippen LogP contribution in [0.15, 0.2) is 24.3 Å². The Morgan fingerprint density at radius 1 is 1.09 bits per heavy atom. The van der Waals surface area contributed by atoms with Gasteiger partial charge >= 0.3 is 0 Å². The van der Waals surface area contributed by atoms with Crippen LogP contribution in [0.3, 0.4) is 0 Å². The average Bonchev–Trinajstić information content (AvgIpc) is 2.99. The first kappa shape index (κ1) is 15.8. The lowest BCUT2D eigenvalue weighted by atomic mass is 9.97. The standard InChI is InChI=1S/C19H30N2O/c1-15-2-5-18(12-15)20-13-16-3-6-19(7-4-16)21-10-8-17(14-22)9-11-21/h3-4,6-7,15,17-18,20,22H,2,5,8-14H2,1H3. The van der Waals surface area contributed by atoms with E-state index < -0.39 is 0 Å². The summed E-state index contributed by atoms with van der Waals surface area (Å²) in [6, 6.07) is 9.76. The van der Waals surface area contributed by atoms with Crippen LogP contribution in [0.25, 0.3) is 0 Å². The number of aliphatic hydroxyl groups is 1. The van der Waals surface area contributed by atoms with Gasteiger partial charge in [0, 0.05) is 38.0 Å². The fourth-order valence-electron chi connectivity index (χ4n) is 3.85. The zero-order valence-corrected chi connectivity index (χ0v) is 13.8. The van der Waals surface area contributed by atoms with Crippen molar-refractivity contribution in [1.82, 2.24) is 5.32 Å². The third-order valence-corrected chi connectivity index (χ3v) is 5.46. The minimum atomic E-state index is 0.345. The topological polar surface area (TPSA) is 35.5 Å². The SMILES string of the molecule is CC1CCC(NCc2ccc(N3CCC(CO)CC3)cc2)C1. The van der Waals surface area contributed by atoms with E-state index in [1.807, 2.05) is 0 Å². The van der Waals surface area contributed by atoms with Crippen molar-refractivity contribution in [3.05, 3.63) is 29.8 Å². The van der Waals surface area contributed by atoms with Crippen LogP contribution in [-0.4, -0.2) is 30.8 Å². The maximum atomic E-state index is 9.22. The van der Waals surface area contributed by atoms with Crippen LogP contribution in [0.4, 0.5) is 5.69 Å². The quantitative estimate of drug-likeness (QED) is 0.877. The zero-order valence-electron chi connectivity index (χ0n) is 13.8. The predicted octanol–water partition coefficient (Wildman–Crippen LogP) is 3.17. The summed E-state index contributed by atoms with van der Waals surface area (Å²) in [6.45, 7) is 5.84. The number of aliphatic hydroxyl groups excluding tert-OH is 1. The Kier molecular flexibility index (Phi) is 5.37. The van der Waals surface area contributed by atoms with Gasteiger partial charge in [0.1, 0.15) is 0 Å². The molecule has 2 N–H and O–H groups in total. The van der Waals surface area contributed by atoms with Crippen LogP contribution < -0.4 is 10.2 Å². The van der Waals surface area contributed by atoms with Crippen molar-refractivity contribution >= 4 is 5.69 Å². The van der Waals surface area contributed by atoms with E-state index in [-0.39, 0.29) is 0 Å². The molecule has 1 saturated carbocycles. The smallest absolute Gasteiger partial charge is 0.0460 e. The molecular formula is C19H30N2O. The molecule has 0 spiro atoms. The van der Waals surface area contributed by atoms with E-state index in [0.717, 1.165) is 38.4 Å². The lowest BCUT2D eigenvalue weighted by Crippen LogP contribution is -2.34. The number of benzene rings is 1. The number of nitrogens with one attached hydrogen (secondary N) is 1. The maximum absolute atomic E-state index is 9.22. The first-order valence-corrected chi connectivity index (χ1v) is 8.92. The van der Waals surface area contributed by atoms with E-state index in [9.17, 15) is 5.11 Å². The number of piperidine rings is 1. The van der Waals surface area contributed by atoms with Crippen molar-refractivity contribution in [3.8, 4) is 0 Å². The van der Waals surface area contributed by atoms with E-state index in [4.69, 9.17) is 0 Å². The van der Waals surface area contributed by atoms with Crippen molar-refractivity contribution in [3.63, 3.8) is 0 Å². The fourth-order valence-corrected chi connectivity index (χ4v) is 3.85. The van der Waals surface area contributed by atoms with Gasteiger partial charge in [0.2, 0.25) is 0 Å². The Morgan fingerprint density at radius 2 is 1.82 bits per heavy atom. The van der Waals surface area contributed by atoms with Crippen LogP contribution in [0, 0.1) is 11.8 Å². The van der Waals surface area contributed by atoms with Gasteiger partial charge in [0.05, 0.1) is 0 Å². The molecule has 0 bridgehead atoms. The zero-order chi connectivity index (χ0) is 15.4. The molecule has 0 amide bonds. The highest BCUT2D eigenvalue weighted by Gasteiger charge is 2.21. The van der Waals surface area contributed by atoms with Gasteiger partial charge in [-0.2, -0.15) is 0 Å². The highest BCUT2D eigenvalue weighted by molar-refractivity contribution is 5.48. The van der Waals surface area contributed by atoms with Crippen molar-refractivity contribution in [2.45, 2.75) is 51.6 Å². The van der Waals surface area contributed by atoms with Crippen molar-refractivity contribution in [2.24, 2.45) is 11.8 Å². The Balaban J connectivity index is 1.48. The molecule has 1 aliphatic heterocycles. The molecule has 3 rings (SSSR count). The van der Waals surface area contributed by atoms with E-state index in [0.29, 0.717) is 18.6 Å². The van der Waals surface area contributed by atoms with Crippen LogP contribution in [0.2, 0.25) is 0 Å². The number of hydrogen-bond donors (Lipinski definition) is 2. The Labute approximate surface area is 134 Å². The molecular weight excluding hydrogens is 272 g/mol. The maximum Gasteiger partial charge on any atom is 0.0460 e. The first-order chi connectivity index (χ1) is 10.7. The van der Waals surface area contributed by atoms with Gasteiger partial charge in [0.15, 0.2) is 0 Å². The summed E-state index contributed by atoms with van der Waals surface area (Å²) in [5.41, 5.74) is 2.71. The van der Waals surface area contributed by atoms with Crippen molar-refractivity contribution in [2.75, 3.05) is 24.6 Å². The third kappa shape index (κ3) is 4.02. The number of hydrogen-bond acceptors (Lipinski definition) is 3. The Morgan fingerprint density at radius 3 is 2.41 bits per heavy atom. The van der Waals surface area contributed by atoms with Crippen LogP contribution in [0.1, 0.15) is 44.6 Å². The molecule has 2 aliphatic rings. The molecule has 1 aromatic carbocycles. The molecule has 0 aromatic heterocycles. The fraction of sp³-hybridized carbons (Fsp3) is 0.684. The number of rotatable bonds is 5. The van der Waals surface area contributed by atoms with Gasteiger partial charge in [-0.3, -0.25) is 0 Å². The second kappa shape index (κ2) is 7.47. The van der Waals surface area contributed by atoms with Crippen molar-refractivity contribution < 1.29 is 5.11 Å². The van der Waals surface area contributed by atoms with E-state index in [1.165, 1.54) is 30.5 Å². The monoisotopic (exact) mass is 302 g/mol. The molecule has 2 atom stereocenters. The molecule has 1 aliphatic carbocycles. The van der Waals surface area contributed by atoms with Crippen LogP contribution in [0.5, 0.6) is 0 Å². The van der Waals surface area contributed by atoms with E-state index in [2.05, 4.69) is 41.4 Å². The largest absolute Gasteiger partial charge is 0.396 e. The van der Waals surface area contributed by atoms with Gasteiger partial charge in [-0.1, -0.05) is 19.1 Å². The number of nitrogens with zero attached hydrogens (tertiary/aromatic N) is 1. The minimum absolute atomic E-state index is 0.345. The number of anilines is 1. The van der Waals surface area contributed by atoms with Crippen LogP contribution >= 0.6 is 0 Å². The molecule has 1 saturated heterocycles. The normalized spacial score (nSPS) is 26.5. The molecule has 0 radical (unpaired) electrons. The van der Waals surface area contributed by atoms with Crippen molar-refractivity contribution in [1.29, 1.82) is 0 Å². The van der Waals surface area contributed by atoms with Gasteiger partial charge < -0.3 is 15.3 Å². The summed E-state index contributed by atoms with van der Waals surface area (Å²) in [7, 11) is 0. The summed E-state index contributed by atoms with van der Waals surface area (Å²) >= 11 is 0. The first-order valence-electron chi connectivity index (χ1n) is 8.92. The average molecular weight is 302 g/mol. The van der Waals surface area contributed by atoms with Gasteiger partial charge in [-0.25, -0.2) is 0 Å². The molecule has 1 heterocycles. The van der Waals surface area contributed by atoms with Crippen LogP contribution in [-0.2, 0) is 6.54 Å². The molecule has 22 heavy (non-hydrogen) atoms. The second-order valence-corrected chi connectivity index (χ2v) is 7.28. The molecule has 3 heteroatoms. The van der Waals surface area contributed by atoms with Gasteiger partial charge in [-0.15, -0.1) is 0 Å². The molecule has 2 fully saturated rings. The highest BCUT2D eigenvalue weighted by atomic mass is 16.3. The van der Waals surface area contributed by atoms with E-state index >= 15 is 0 Å². The summed E-state index contributed by atoms with van der Waals surface area (Å²) in [5, 5.41) is 12.9. The summed E-state index contributed by atoms with van der Waals surface area (Å²) in [4.78, 5) is 2.45. The molecule has 1 aromatic rings. The Bertz CT molecular complexity index is 451. The lowest BCUT2D eigenvalue weighted by molar-refractivity contribution is 0.203. The summed E-state index contributed by atoms with van der Waals surface area (Å²) in [6.07, 6.45) is 6.26. The van der Waals surface area contributed by atoms with Gasteiger partial charge in [0.25, 0.3) is 0 Å². The second-order valence-electron chi connectivity index (χ2n) is 7.28. The molecule has 122 valence electrons. The molecule has 3 nitrogen and oxygen atoms in total. The predicted molar refractivity (Wildman–Crippen MR) is 92.1 cm³/mol. The van der Waals surface area contributed by atoms with Gasteiger partial charge in [-0.05, 0) is 61.6 Å².